The van der Waals surface area contributed by atoms with Gasteiger partial charge in [0.2, 0.25) is 0 Å². The normalized spacial score (nSPS) is 10.2. The summed E-state index contributed by atoms with van der Waals surface area (Å²) in [5.74, 6) is -0.919. The molecule has 0 atom stereocenters. The lowest BCUT2D eigenvalue weighted by atomic mass is 10.2. The monoisotopic (exact) mass is 223 g/mol. The maximum atomic E-state index is 10.7. The highest BCUT2D eigenvalue weighted by molar-refractivity contribution is 7.15. The van der Waals surface area contributed by atoms with Crippen LogP contribution < -0.4 is 0 Å². The van der Waals surface area contributed by atoms with Crippen LogP contribution in [0, 0.1) is 6.92 Å². The van der Waals surface area contributed by atoms with Gasteiger partial charge < -0.3 is 5.11 Å². The van der Waals surface area contributed by atoms with Crippen LogP contribution in [0.5, 0.6) is 0 Å². The molecule has 0 aromatic carbocycles. The number of rotatable bonds is 4. The average Bonchev–Trinajstić information content (AvgIpc) is 2.55. The molecule has 1 N–H and O–H groups in total. The molecule has 15 heavy (non-hydrogen) atoms. The summed E-state index contributed by atoms with van der Waals surface area (Å²) in [7, 11) is 0. The smallest absolute Gasteiger partial charge is 0.345 e. The lowest BCUT2D eigenvalue weighted by molar-refractivity contribution is 0.0702. The van der Waals surface area contributed by atoms with Crippen LogP contribution in [-0.4, -0.2) is 17.6 Å². The summed E-state index contributed by atoms with van der Waals surface area (Å²) in [5, 5.41) is 12.1. The van der Waals surface area contributed by atoms with Gasteiger partial charge in [0.25, 0.3) is 0 Å². The molecule has 0 unspecified atom stereocenters. The Labute approximate surface area is 90.3 Å². The molecule has 0 spiro atoms. The Morgan fingerprint density at radius 3 is 3.07 bits per heavy atom. The summed E-state index contributed by atoms with van der Waals surface area (Å²) in [6.45, 7) is 2.12. The van der Waals surface area contributed by atoms with Gasteiger partial charge in [-0.1, -0.05) is 11.2 Å². The van der Waals surface area contributed by atoms with Crippen LogP contribution in [0.1, 0.15) is 20.1 Å². The molecule has 0 radical (unpaired) electrons. The highest BCUT2D eigenvalue weighted by atomic mass is 32.1. The van der Waals surface area contributed by atoms with E-state index < -0.39 is 5.97 Å². The predicted molar refractivity (Wildman–Crippen MR) is 59.1 cm³/mol. The van der Waals surface area contributed by atoms with E-state index in [2.05, 4.69) is 10.0 Å². The Morgan fingerprint density at radius 2 is 2.53 bits per heavy atom. The van der Waals surface area contributed by atoms with E-state index in [1.54, 1.807) is 18.2 Å². The Kier molecular flexibility index (Phi) is 3.91. The molecule has 6 heteroatoms. The molecule has 1 rings (SSSR count). The largest absolute Gasteiger partial charge is 0.477 e. The van der Waals surface area contributed by atoms with Crippen molar-refractivity contribution in [1.82, 2.24) is 0 Å². The summed E-state index contributed by atoms with van der Waals surface area (Å²) < 4.78 is 0. The number of carbonyl (C=O) groups is 1. The fraction of sp³-hybridized carbons (Fsp3) is 0.222. The Hall–Kier alpha value is -1.78. The second kappa shape index (κ2) is 5.19. The summed E-state index contributed by atoms with van der Waals surface area (Å²) in [5.41, 5.74) is 8.96. The molecule has 78 valence electrons. The van der Waals surface area contributed by atoms with Gasteiger partial charge in [0.15, 0.2) is 0 Å². The second-order valence-electron chi connectivity index (χ2n) is 2.78. The average molecular weight is 223 g/mol. The van der Waals surface area contributed by atoms with Crippen molar-refractivity contribution in [2.24, 2.45) is 5.11 Å². The van der Waals surface area contributed by atoms with Gasteiger partial charge in [0.1, 0.15) is 4.88 Å². The maximum absolute atomic E-state index is 10.7. The van der Waals surface area contributed by atoms with Gasteiger partial charge in [-0.05, 0) is 30.2 Å². The fourth-order valence-electron chi connectivity index (χ4n) is 1.01. The number of nitrogens with zero attached hydrogens (tertiary/aromatic N) is 3. The molecule has 0 aliphatic carbocycles. The van der Waals surface area contributed by atoms with Crippen molar-refractivity contribution in [3.63, 3.8) is 0 Å². The van der Waals surface area contributed by atoms with E-state index in [-0.39, 0.29) is 6.54 Å². The molecule has 5 nitrogen and oxygen atoms in total. The zero-order valence-corrected chi connectivity index (χ0v) is 8.86. The topological polar surface area (TPSA) is 86.1 Å². The number of carboxylic acids is 1. The third kappa shape index (κ3) is 3.12. The lowest BCUT2D eigenvalue weighted by Crippen LogP contribution is -1.89. The van der Waals surface area contributed by atoms with Crippen LogP contribution in [0.25, 0.3) is 16.5 Å². The second-order valence-corrected chi connectivity index (χ2v) is 3.86. The molecule has 1 heterocycles. The summed E-state index contributed by atoms with van der Waals surface area (Å²) in [6, 6.07) is 1.63. The van der Waals surface area contributed by atoms with Gasteiger partial charge in [-0.3, -0.25) is 0 Å². The van der Waals surface area contributed by atoms with E-state index in [0.29, 0.717) is 4.88 Å². The minimum absolute atomic E-state index is 0.274. The standard InChI is InChI=1S/C9H9N3O2S/c1-6-5-8(9(13)14)15-7(6)3-2-4-11-12-10/h2-3,5H,4H2,1H3,(H,13,14). The molecule has 1 aromatic rings. The first kappa shape index (κ1) is 11.3. The first-order chi connectivity index (χ1) is 7.15. The minimum atomic E-state index is -0.919. The van der Waals surface area contributed by atoms with Crippen molar-refractivity contribution >= 4 is 23.4 Å². The summed E-state index contributed by atoms with van der Waals surface area (Å²) in [6.07, 6.45) is 3.46. The molecule has 0 aliphatic heterocycles. The van der Waals surface area contributed by atoms with Crippen molar-refractivity contribution in [2.45, 2.75) is 6.92 Å². The van der Waals surface area contributed by atoms with Gasteiger partial charge in [0.05, 0.1) is 0 Å². The third-order valence-corrected chi connectivity index (χ3v) is 2.88. The van der Waals surface area contributed by atoms with Crippen molar-refractivity contribution < 1.29 is 9.90 Å². The summed E-state index contributed by atoms with van der Waals surface area (Å²) in [4.78, 5) is 14.5. The van der Waals surface area contributed by atoms with Gasteiger partial charge in [0, 0.05) is 16.3 Å². The van der Waals surface area contributed by atoms with E-state index in [4.69, 9.17) is 10.6 Å². The molecule has 0 aliphatic rings. The number of carboxylic acid groups (broad SMARTS) is 1. The van der Waals surface area contributed by atoms with Crippen LogP contribution in [0.4, 0.5) is 0 Å². The van der Waals surface area contributed by atoms with E-state index in [1.807, 2.05) is 6.92 Å². The van der Waals surface area contributed by atoms with Crippen LogP contribution in [0.3, 0.4) is 0 Å². The van der Waals surface area contributed by atoms with E-state index in [9.17, 15) is 4.79 Å². The first-order valence-electron chi connectivity index (χ1n) is 4.16. The van der Waals surface area contributed by atoms with Crippen LogP contribution in [0.2, 0.25) is 0 Å². The number of thiophene rings is 1. The van der Waals surface area contributed by atoms with E-state index in [0.717, 1.165) is 10.4 Å². The molecule has 0 saturated heterocycles. The molecule has 1 aromatic heterocycles. The number of hydrogen-bond acceptors (Lipinski definition) is 3. The van der Waals surface area contributed by atoms with Gasteiger partial charge >= 0.3 is 5.97 Å². The highest BCUT2D eigenvalue weighted by Gasteiger charge is 2.08. The number of aryl methyl sites for hydroxylation is 1. The van der Waals surface area contributed by atoms with E-state index in [1.165, 1.54) is 11.3 Å². The molecular weight excluding hydrogens is 214 g/mol. The maximum Gasteiger partial charge on any atom is 0.345 e. The Morgan fingerprint density at radius 1 is 1.80 bits per heavy atom. The van der Waals surface area contributed by atoms with Crippen molar-refractivity contribution in [2.75, 3.05) is 6.54 Å². The third-order valence-electron chi connectivity index (χ3n) is 1.69. The Balaban J connectivity index is 2.81. The molecular formula is C9H9N3O2S. The quantitative estimate of drug-likeness (QED) is 0.483. The van der Waals surface area contributed by atoms with E-state index >= 15 is 0 Å². The molecule has 0 fully saturated rings. The van der Waals surface area contributed by atoms with Crippen LogP contribution in [-0.2, 0) is 0 Å². The fourth-order valence-corrected chi connectivity index (χ4v) is 1.95. The van der Waals surface area contributed by atoms with Crippen molar-refractivity contribution in [3.05, 3.63) is 37.9 Å². The SMILES string of the molecule is Cc1cc(C(=O)O)sc1C=CCN=[N+]=[N-]. The van der Waals surface area contributed by atoms with Crippen LogP contribution >= 0.6 is 11.3 Å². The van der Waals surface area contributed by atoms with Gasteiger partial charge in [-0.25, -0.2) is 4.79 Å². The summed E-state index contributed by atoms with van der Waals surface area (Å²) >= 11 is 1.20. The Bertz CT molecular complexity index is 444. The number of hydrogen-bond donors (Lipinski definition) is 1. The minimum Gasteiger partial charge on any atom is -0.477 e. The van der Waals surface area contributed by atoms with Crippen molar-refractivity contribution in [1.29, 1.82) is 0 Å². The molecule has 0 bridgehead atoms. The number of azide groups is 1. The van der Waals surface area contributed by atoms with Gasteiger partial charge in [-0.2, -0.15) is 0 Å². The zero-order chi connectivity index (χ0) is 11.3. The zero-order valence-electron chi connectivity index (χ0n) is 8.04. The first-order valence-corrected chi connectivity index (χ1v) is 4.98. The predicted octanol–water partition coefficient (Wildman–Crippen LogP) is 3.08. The lowest BCUT2D eigenvalue weighted by Gasteiger charge is -1.86. The molecule has 0 saturated carbocycles. The number of aromatic carboxylic acids is 1. The van der Waals surface area contributed by atoms with Crippen molar-refractivity contribution in [3.8, 4) is 0 Å². The highest BCUT2D eigenvalue weighted by Crippen LogP contribution is 2.23. The van der Waals surface area contributed by atoms with Gasteiger partial charge in [-0.15, -0.1) is 11.3 Å². The molecule has 0 amide bonds. The van der Waals surface area contributed by atoms with Crippen LogP contribution in [0.15, 0.2) is 17.3 Å².